The van der Waals surface area contributed by atoms with Gasteiger partial charge in [0.25, 0.3) is 0 Å². The van der Waals surface area contributed by atoms with Gasteiger partial charge in [-0.15, -0.1) is 0 Å². The molecule has 0 fully saturated rings. The van der Waals surface area contributed by atoms with Crippen LogP contribution in [0.1, 0.15) is 25.8 Å². The molecule has 0 amide bonds. The van der Waals surface area contributed by atoms with Gasteiger partial charge in [0.1, 0.15) is 5.82 Å². The molecule has 0 spiro atoms. The number of halogens is 1. The van der Waals surface area contributed by atoms with E-state index >= 15 is 0 Å². The molecule has 0 unspecified atom stereocenters. The normalized spacial score (nSPS) is 12.4. The largest absolute Gasteiger partial charge is 0.304 e. The third-order valence-corrected chi connectivity index (χ3v) is 8.09. The summed E-state index contributed by atoms with van der Waals surface area (Å²) >= 11 is 0. The highest BCUT2D eigenvalue weighted by atomic mass is 32.2. The molecule has 6 nitrogen and oxygen atoms in total. The third-order valence-electron chi connectivity index (χ3n) is 4.72. The lowest BCUT2D eigenvalue weighted by Crippen LogP contribution is -2.30. The molecule has 0 aliphatic heterocycles. The Morgan fingerprint density at radius 1 is 0.931 bits per heavy atom. The molecule has 9 heteroatoms. The summed E-state index contributed by atoms with van der Waals surface area (Å²) in [5, 5.41) is 0. The Bertz CT molecular complexity index is 1030. The number of sulfone groups is 1. The lowest BCUT2D eigenvalue weighted by Gasteiger charge is -2.18. The minimum atomic E-state index is -3.96. The molecular weight excluding hydrogens is 415 g/mol. The number of aryl methyl sites for hydroxylation is 1. The smallest absolute Gasteiger partial charge is 0.240 e. The van der Waals surface area contributed by atoms with Gasteiger partial charge < -0.3 is 4.90 Å². The van der Waals surface area contributed by atoms with Crippen LogP contribution in [0.5, 0.6) is 0 Å². The Labute approximate surface area is 172 Å². The second-order valence-corrected chi connectivity index (χ2v) is 10.3. The van der Waals surface area contributed by atoms with Crippen molar-refractivity contribution in [3.05, 3.63) is 53.8 Å². The Balaban J connectivity index is 2.24. The van der Waals surface area contributed by atoms with Gasteiger partial charge in [0.2, 0.25) is 19.9 Å². The molecule has 0 aromatic heterocycles. The van der Waals surface area contributed by atoms with E-state index < -0.39 is 25.7 Å². The van der Waals surface area contributed by atoms with Crippen molar-refractivity contribution in [3.63, 3.8) is 0 Å². The molecule has 0 radical (unpaired) electrons. The van der Waals surface area contributed by atoms with Gasteiger partial charge in [-0.3, -0.25) is 0 Å². The Morgan fingerprint density at radius 2 is 1.52 bits per heavy atom. The molecular formula is C20H27FN2O4S2. The van der Waals surface area contributed by atoms with E-state index in [1.54, 1.807) is 6.92 Å². The fraction of sp³-hybridized carbons (Fsp3) is 0.400. The average Bonchev–Trinajstić information content (AvgIpc) is 2.68. The second-order valence-electron chi connectivity index (χ2n) is 6.66. The summed E-state index contributed by atoms with van der Waals surface area (Å²) < 4.78 is 66.7. The van der Waals surface area contributed by atoms with Crippen molar-refractivity contribution in [1.29, 1.82) is 0 Å². The van der Waals surface area contributed by atoms with Crippen molar-refractivity contribution in [2.75, 3.05) is 26.2 Å². The first kappa shape index (κ1) is 23.5. The second kappa shape index (κ2) is 9.80. The number of rotatable bonds is 10. The molecule has 2 aromatic rings. The van der Waals surface area contributed by atoms with Gasteiger partial charge in [0, 0.05) is 6.54 Å². The van der Waals surface area contributed by atoms with Crippen LogP contribution in [0.3, 0.4) is 0 Å². The monoisotopic (exact) mass is 442 g/mol. The standard InChI is InChI=1S/C20H27FN2O4S2/c1-4-23(5-2)14-6-13-22-29(26,27)20-15-19(10-7-16(20)3)28(24,25)18-11-8-17(21)9-12-18/h7-12,15,22H,4-6,13-14H2,1-3H3. The van der Waals surface area contributed by atoms with E-state index in [2.05, 4.69) is 9.62 Å². The molecule has 0 aliphatic rings. The van der Waals surface area contributed by atoms with Crippen LogP contribution in [0, 0.1) is 12.7 Å². The number of hydrogen-bond donors (Lipinski definition) is 1. The number of nitrogens with one attached hydrogen (secondary N) is 1. The van der Waals surface area contributed by atoms with Crippen molar-refractivity contribution >= 4 is 19.9 Å². The molecule has 0 aliphatic carbocycles. The zero-order chi connectivity index (χ0) is 21.7. The molecule has 2 rings (SSSR count). The molecule has 29 heavy (non-hydrogen) atoms. The molecule has 0 saturated heterocycles. The molecule has 2 aromatic carbocycles. The first-order valence-corrected chi connectivity index (χ1v) is 12.4. The average molecular weight is 443 g/mol. The maximum Gasteiger partial charge on any atom is 0.240 e. The van der Waals surface area contributed by atoms with E-state index in [-0.39, 0.29) is 21.2 Å². The number of benzene rings is 2. The van der Waals surface area contributed by atoms with Crippen molar-refractivity contribution in [2.45, 2.75) is 41.9 Å². The fourth-order valence-corrected chi connectivity index (χ4v) is 5.62. The van der Waals surface area contributed by atoms with Crippen molar-refractivity contribution in [1.82, 2.24) is 9.62 Å². The quantitative estimate of drug-likeness (QED) is 0.452. The van der Waals surface area contributed by atoms with Gasteiger partial charge in [0.15, 0.2) is 0 Å². The molecule has 0 heterocycles. The predicted molar refractivity (Wildman–Crippen MR) is 111 cm³/mol. The number of sulfonamides is 1. The zero-order valence-corrected chi connectivity index (χ0v) is 18.5. The minimum Gasteiger partial charge on any atom is -0.304 e. The fourth-order valence-electron chi connectivity index (χ4n) is 2.91. The highest BCUT2D eigenvalue weighted by Gasteiger charge is 2.23. The molecule has 0 bridgehead atoms. The van der Waals surface area contributed by atoms with Crippen LogP contribution in [0.15, 0.2) is 57.2 Å². The predicted octanol–water partition coefficient (Wildman–Crippen LogP) is 2.98. The van der Waals surface area contributed by atoms with E-state index in [0.717, 1.165) is 50.0 Å². The first-order chi connectivity index (χ1) is 13.6. The van der Waals surface area contributed by atoms with Crippen LogP contribution < -0.4 is 4.72 Å². The van der Waals surface area contributed by atoms with Crippen molar-refractivity contribution in [2.24, 2.45) is 0 Å². The zero-order valence-electron chi connectivity index (χ0n) is 16.9. The molecule has 0 saturated carbocycles. The van der Waals surface area contributed by atoms with E-state index in [1.807, 2.05) is 13.8 Å². The van der Waals surface area contributed by atoms with Gasteiger partial charge in [0.05, 0.1) is 14.7 Å². The Morgan fingerprint density at radius 3 is 2.10 bits per heavy atom. The number of hydrogen-bond acceptors (Lipinski definition) is 5. The van der Waals surface area contributed by atoms with Gasteiger partial charge >= 0.3 is 0 Å². The SMILES string of the molecule is CCN(CC)CCCNS(=O)(=O)c1cc(S(=O)(=O)c2ccc(F)cc2)ccc1C. The molecule has 160 valence electrons. The topological polar surface area (TPSA) is 83.6 Å². The summed E-state index contributed by atoms with van der Waals surface area (Å²) in [6.45, 7) is 8.52. The lowest BCUT2D eigenvalue weighted by atomic mass is 10.2. The summed E-state index contributed by atoms with van der Waals surface area (Å²) in [5.41, 5.74) is 0.444. The Kier molecular flexibility index (Phi) is 7.93. The summed E-state index contributed by atoms with van der Waals surface area (Å²) in [6, 6.07) is 8.38. The van der Waals surface area contributed by atoms with Crippen LogP contribution in [0.2, 0.25) is 0 Å². The summed E-state index contributed by atoms with van der Waals surface area (Å²) in [7, 11) is -7.83. The van der Waals surface area contributed by atoms with Gasteiger partial charge in [-0.05, 0) is 74.9 Å². The third kappa shape index (κ3) is 5.85. The number of nitrogens with zero attached hydrogens (tertiary/aromatic N) is 1. The van der Waals surface area contributed by atoms with Crippen LogP contribution in [0.4, 0.5) is 4.39 Å². The Hall–Kier alpha value is -1.81. The van der Waals surface area contributed by atoms with Crippen LogP contribution in [-0.2, 0) is 19.9 Å². The van der Waals surface area contributed by atoms with Gasteiger partial charge in [-0.1, -0.05) is 19.9 Å². The molecule has 1 N–H and O–H groups in total. The van der Waals surface area contributed by atoms with E-state index in [1.165, 1.54) is 12.1 Å². The van der Waals surface area contributed by atoms with Crippen molar-refractivity contribution < 1.29 is 21.2 Å². The van der Waals surface area contributed by atoms with E-state index in [0.29, 0.717) is 12.0 Å². The molecule has 0 atom stereocenters. The minimum absolute atomic E-state index is 0.0801. The van der Waals surface area contributed by atoms with Gasteiger partial charge in [-0.2, -0.15) is 0 Å². The lowest BCUT2D eigenvalue weighted by molar-refractivity contribution is 0.300. The van der Waals surface area contributed by atoms with Crippen molar-refractivity contribution in [3.8, 4) is 0 Å². The van der Waals surface area contributed by atoms with E-state index in [9.17, 15) is 21.2 Å². The first-order valence-electron chi connectivity index (χ1n) is 9.45. The van der Waals surface area contributed by atoms with Crippen LogP contribution in [-0.4, -0.2) is 47.9 Å². The summed E-state index contributed by atoms with van der Waals surface area (Å²) in [4.78, 5) is 1.86. The van der Waals surface area contributed by atoms with Gasteiger partial charge in [-0.25, -0.2) is 25.9 Å². The highest BCUT2D eigenvalue weighted by Crippen LogP contribution is 2.25. The summed E-state index contributed by atoms with van der Waals surface area (Å²) in [5.74, 6) is -0.551. The van der Waals surface area contributed by atoms with Crippen LogP contribution in [0.25, 0.3) is 0 Å². The summed E-state index contributed by atoms with van der Waals surface area (Å²) in [6.07, 6.45) is 0.646. The van der Waals surface area contributed by atoms with E-state index in [4.69, 9.17) is 0 Å². The van der Waals surface area contributed by atoms with Crippen LogP contribution >= 0.6 is 0 Å². The highest BCUT2D eigenvalue weighted by molar-refractivity contribution is 7.91. The maximum absolute atomic E-state index is 13.1. The maximum atomic E-state index is 13.1.